The number of amides is 2. The minimum absolute atomic E-state index is 0.0212. The maximum absolute atomic E-state index is 13.9. The summed E-state index contributed by atoms with van der Waals surface area (Å²) in [5, 5.41) is 3.26. The smallest absolute Gasteiger partial charge is 0.244 e. The van der Waals surface area contributed by atoms with Crippen LogP contribution in [0.4, 0.5) is 5.69 Å². The van der Waals surface area contributed by atoms with E-state index in [0.717, 1.165) is 16.1 Å². The van der Waals surface area contributed by atoms with Crippen molar-refractivity contribution in [3.05, 3.63) is 95.0 Å². The number of halogens is 1. The molecule has 0 fully saturated rings. The highest BCUT2D eigenvalue weighted by molar-refractivity contribution is 7.92. The summed E-state index contributed by atoms with van der Waals surface area (Å²) in [5.41, 5.74) is 1.80. The van der Waals surface area contributed by atoms with Crippen LogP contribution in [0, 0.1) is 0 Å². The SMILES string of the molecule is CCNC(=O)[C@H](Cc1ccccc1)N(Cc1ccccc1Cl)C(=O)CN(c1ccc(OC)cc1)S(C)(=O)=O. The predicted octanol–water partition coefficient (Wildman–Crippen LogP) is 3.89. The van der Waals surface area contributed by atoms with E-state index in [-0.39, 0.29) is 18.9 Å². The number of sulfonamides is 1. The van der Waals surface area contributed by atoms with Crippen LogP contribution in [-0.2, 0) is 32.6 Å². The van der Waals surface area contributed by atoms with Crippen molar-refractivity contribution in [1.29, 1.82) is 0 Å². The number of nitrogens with one attached hydrogen (secondary N) is 1. The van der Waals surface area contributed by atoms with E-state index in [9.17, 15) is 18.0 Å². The first-order valence-electron chi connectivity index (χ1n) is 12.1. The third-order valence-corrected chi connectivity index (χ3v) is 7.47. The van der Waals surface area contributed by atoms with Crippen LogP contribution in [0.3, 0.4) is 0 Å². The fraction of sp³-hybridized carbons (Fsp3) is 0.286. The molecular formula is C28H32ClN3O5S. The van der Waals surface area contributed by atoms with E-state index >= 15 is 0 Å². The molecule has 0 unspecified atom stereocenters. The number of nitrogens with zero attached hydrogens (tertiary/aromatic N) is 2. The lowest BCUT2D eigenvalue weighted by Gasteiger charge is -2.33. The van der Waals surface area contributed by atoms with Gasteiger partial charge < -0.3 is 15.0 Å². The van der Waals surface area contributed by atoms with Gasteiger partial charge in [0.1, 0.15) is 18.3 Å². The zero-order valence-electron chi connectivity index (χ0n) is 21.6. The number of methoxy groups -OCH3 is 1. The molecule has 0 spiro atoms. The molecule has 0 aromatic heterocycles. The normalized spacial score (nSPS) is 11.9. The Morgan fingerprint density at radius 1 is 0.974 bits per heavy atom. The lowest BCUT2D eigenvalue weighted by Crippen LogP contribution is -2.53. The number of benzene rings is 3. The molecule has 1 atom stereocenters. The lowest BCUT2D eigenvalue weighted by molar-refractivity contribution is -0.140. The lowest BCUT2D eigenvalue weighted by atomic mass is 10.0. The van der Waals surface area contributed by atoms with Gasteiger partial charge in [0, 0.05) is 24.5 Å². The van der Waals surface area contributed by atoms with Gasteiger partial charge in [-0.05, 0) is 48.4 Å². The Hall–Kier alpha value is -3.56. The Balaban J connectivity index is 2.03. The largest absolute Gasteiger partial charge is 0.497 e. The molecule has 0 aliphatic carbocycles. The third kappa shape index (κ3) is 7.72. The van der Waals surface area contributed by atoms with Crippen molar-refractivity contribution in [3.63, 3.8) is 0 Å². The molecule has 3 aromatic carbocycles. The number of rotatable bonds is 12. The molecular weight excluding hydrogens is 526 g/mol. The van der Waals surface area contributed by atoms with Crippen molar-refractivity contribution in [2.75, 3.05) is 30.8 Å². The molecule has 1 N–H and O–H groups in total. The molecule has 2 amide bonds. The van der Waals surface area contributed by atoms with Crippen molar-refractivity contribution >= 4 is 39.1 Å². The van der Waals surface area contributed by atoms with E-state index in [1.807, 2.05) is 30.3 Å². The molecule has 3 aromatic rings. The maximum atomic E-state index is 13.9. The number of likely N-dealkylation sites (N-methyl/N-ethyl adjacent to an activating group) is 1. The van der Waals surface area contributed by atoms with Gasteiger partial charge in [-0.25, -0.2) is 8.42 Å². The Kier molecular flexibility index (Phi) is 10.2. The highest BCUT2D eigenvalue weighted by Crippen LogP contribution is 2.24. The van der Waals surface area contributed by atoms with Crippen molar-refractivity contribution < 1.29 is 22.7 Å². The van der Waals surface area contributed by atoms with Crippen molar-refractivity contribution in [3.8, 4) is 5.75 Å². The van der Waals surface area contributed by atoms with Gasteiger partial charge in [-0.2, -0.15) is 0 Å². The fourth-order valence-corrected chi connectivity index (χ4v) is 5.06. The van der Waals surface area contributed by atoms with E-state index in [2.05, 4.69) is 5.32 Å². The first-order chi connectivity index (χ1) is 18.1. The van der Waals surface area contributed by atoms with Crippen LogP contribution in [-0.4, -0.2) is 57.6 Å². The van der Waals surface area contributed by atoms with Gasteiger partial charge in [-0.3, -0.25) is 13.9 Å². The quantitative estimate of drug-likeness (QED) is 0.364. The second-order valence-corrected chi connectivity index (χ2v) is 11.0. The van der Waals surface area contributed by atoms with Crippen LogP contribution >= 0.6 is 11.6 Å². The molecule has 3 rings (SSSR count). The second-order valence-electron chi connectivity index (χ2n) is 8.68. The molecule has 0 aliphatic heterocycles. The zero-order chi connectivity index (χ0) is 27.7. The average molecular weight is 558 g/mol. The predicted molar refractivity (Wildman–Crippen MR) is 150 cm³/mol. The van der Waals surface area contributed by atoms with Gasteiger partial charge in [0.2, 0.25) is 21.8 Å². The minimum atomic E-state index is -3.84. The Morgan fingerprint density at radius 2 is 1.61 bits per heavy atom. The van der Waals surface area contributed by atoms with Gasteiger partial charge in [0.15, 0.2) is 0 Å². The Labute approximate surface area is 229 Å². The summed E-state index contributed by atoms with van der Waals surface area (Å²) in [6, 6.07) is 21.9. The van der Waals surface area contributed by atoms with Crippen molar-refractivity contribution in [1.82, 2.24) is 10.2 Å². The van der Waals surface area contributed by atoms with Crippen LogP contribution in [0.2, 0.25) is 5.02 Å². The van der Waals surface area contributed by atoms with E-state index in [1.165, 1.54) is 12.0 Å². The number of hydrogen-bond acceptors (Lipinski definition) is 5. The van der Waals surface area contributed by atoms with E-state index in [1.54, 1.807) is 55.5 Å². The molecule has 38 heavy (non-hydrogen) atoms. The van der Waals surface area contributed by atoms with Gasteiger partial charge in [-0.1, -0.05) is 60.1 Å². The zero-order valence-corrected chi connectivity index (χ0v) is 23.2. The highest BCUT2D eigenvalue weighted by atomic mass is 35.5. The summed E-state index contributed by atoms with van der Waals surface area (Å²) in [5.74, 6) is -0.335. The molecule has 0 bridgehead atoms. The summed E-state index contributed by atoms with van der Waals surface area (Å²) < 4.78 is 31.7. The molecule has 0 saturated carbocycles. The third-order valence-electron chi connectivity index (χ3n) is 5.96. The van der Waals surface area contributed by atoms with Crippen molar-refractivity contribution in [2.45, 2.75) is 25.9 Å². The number of hydrogen-bond donors (Lipinski definition) is 1. The maximum Gasteiger partial charge on any atom is 0.244 e. The second kappa shape index (κ2) is 13.3. The average Bonchev–Trinajstić information content (AvgIpc) is 2.90. The number of carbonyl (C=O) groups is 2. The summed E-state index contributed by atoms with van der Waals surface area (Å²) in [6.45, 7) is 1.69. The molecule has 8 nitrogen and oxygen atoms in total. The van der Waals surface area contributed by atoms with Crippen molar-refractivity contribution in [2.24, 2.45) is 0 Å². The van der Waals surface area contributed by atoms with Gasteiger partial charge >= 0.3 is 0 Å². The van der Waals surface area contributed by atoms with Crippen LogP contribution in [0.15, 0.2) is 78.9 Å². The first kappa shape index (κ1) is 29.0. The van der Waals surface area contributed by atoms with Crippen LogP contribution in [0.5, 0.6) is 5.75 Å². The molecule has 0 aliphatic rings. The molecule has 0 heterocycles. The minimum Gasteiger partial charge on any atom is -0.497 e. The molecule has 0 radical (unpaired) electrons. The van der Waals surface area contributed by atoms with E-state index in [0.29, 0.717) is 28.6 Å². The topological polar surface area (TPSA) is 96.0 Å². The van der Waals surface area contributed by atoms with Crippen LogP contribution < -0.4 is 14.4 Å². The Morgan fingerprint density at radius 3 is 2.18 bits per heavy atom. The van der Waals surface area contributed by atoms with Crippen LogP contribution in [0.25, 0.3) is 0 Å². The molecule has 0 saturated heterocycles. The van der Waals surface area contributed by atoms with Gasteiger partial charge in [-0.15, -0.1) is 0 Å². The van der Waals surface area contributed by atoms with Gasteiger partial charge in [0.25, 0.3) is 0 Å². The van der Waals surface area contributed by atoms with Gasteiger partial charge in [0.05, 0.1) is 19.1 Å². The van der Waals surface area contributed by atoms with E-state index in [4.69, 9.17) is 16.3 Å². The fourth-order valence-electron chi connectivity index (χ4n) is 4.02. The van der Waals surface area contributed by atoms with E-state index < -0.39 is 28.5 Å². The molecule has 10 heteroatoms. The first-order valence-corrected chi connectivity index (χ1v) is 14.3. The number of ether oxygens (including phenoxy) is 1. The monoisotopic (exact) mass is 557 g/mol. The summed E-state index contributed by atoms with van der Waals surface area (Å²) in [6.07, 6.45) is 1.28. The number of carbonyl (C=O) groups excluding carboxylic acids is 2. The Bertz CT molecular complexity index is 1330. The van der Waals surface area contributed by atoms with Crippen LogP contribution in [0.1, 0.15) is 18.1 Å². The number of anilines is 1. The summed E-state index contributed by atoms with van der Waals surface area (Å²) in [4.78, 5) is 28.6. The molecule has 202 valence electrons. The standard InChI is InChI=1S/C28H32ClN3O5S/c1-4-30-28(34)26(18-21-10-6-5-7-11-21)31(19-22-12-8-9-13-25(22)29)27(33)20-32(38(3,35)36)23-14-16-24(37-2)17-15-23/h5-17,26H,4,18-20H2,1-3H3,(H,30,34)/t26-/m0/s1. The summed E-state index contributed by atoms with van der Waals surface area (Å²) >= 11 is 6.42. The highest BCUT2D eigenvalue weighted by Gasteiger charge is 2.33. The summed E-state index contributed by atoms with van der Waals surface area (Å²) in [7, 11) is -2.34.